The number of nitrogens with zero attached hydrogens (tertiary/aromatic N) is 1. The largest absolute Gasteiger partial charge is 0.484 e. The molecular weight excluding hydrogens is 364 g/mol. The molecule has 7 heteroatoms. The molecule has 0 unspecified atom stereocenters. The van der Waals surface area contributed by atoms with Crippen LogP contribution >= 0.6 is 0 Å². The number of ether oxygens (including phenoxy) is 1. The Labute approximate surface area is 161 Å². The highest BCUT2D eigenvalue weighted by Gasteiger charge is 2.23. The van der Waals surface area contributed by atoms with E-state index in [-0.39, 0.29) is 17.4 Å². The molecule has 0 fully saturated rings. The molecule has 1 amide bonds. The molecule has 2 aromatic carbocycles. The molecule has 146 valence electrons. The number of hydrogen-bond acceptors (Lipinski definition) is 4. The van der Waals surface area contributed by atoms with Crippen molar-refractivity contribution in [2.75, 3.05) is 25.0 Å². The normalized spacial score (nSPS) is 11.4. The van der Waals surface area contributed by atoms with Gasteiger partial charge < -0.3 is 10.1 Å². The van der Waals surface area contributed by atoms with E-state index in [9.17, 15) is 13.2 Å². The highest BCUT2D eigenvalue weighted by Crippen LogP contribution is 2.26. The summed E-state index contributed by atoms with van der Waals surface area (Å²) in [7, 11) is -3.60. The Balaban J connectivity index is 2.21. The van der Waals surface area contributed by atoms with Gasteiger partial charge >= 0.3 is 0 Å². The second kappa shape index (κ2) is 9.01. The molecule has 1 N–H and O–H groups in total. The third-order valence-electron chi connectivity index (χ3n) is 4.37. The lowest BCUT2D eigenvalue weighted by Crippen LogP contribution is -2.31. The van der Waals surface area contributed by atoms with Crippen LogP contribution in [-0.4, -0.2) is 38.3 Å². The van der Waals surface area contributed by atoms with Crippen LogP contribution in [0.15, 0.2) is 47.4 Å². The molecule has 2 aromatic rings. The van der Waals surface area contributed by atoms with Gasteiger partial charge in [0.1, 0.15) is 5.75 Å². The van der Waals surface area contributed by atoms with E-state index < -0.39 is 10.0 Å². The number of nitrogens with one attached hydrogen (secondary N) is 1. The van der Waals surface area contributed by atoms with Gasteiger partial charge in [-0.05, 0) is 49.2 Å². The van der Waals surface area contributed by atoms with Gasteiger partial charge in [-0.1, -0.05) is 32.0 Å². The lowest BCUT2D eigenvalue weighted by atomic mass is 10.1. The molecule has 0 saturated carbocycles. The van der Waals surface area contributed by atoms with Crippen LogP contribution < -0.4 is 10.1 Å². The number of amides is 1. The van der Waals surface area contributed by atoms with Crippen LogP contribution in [0, 0.1) is 13.8 Å². The molecule has 27 heavy (non-hydrogen) atoms. The Morgan fingerprint density at radius 3 is 2.30 bits per heavy atom. The molecule has 0 saturated heterocycles. The number of aryl methyl sites for hydroxylation is 1. The average molecular weight is 391 g/mol. The fraction of sp³-hybridized carbons (Fsp3) is 0.350. The van der Waals surface area contributed by atoms with Crippen molar-refractivity contribution < 1.29 is 17.9 Å². The van der Waals surface area contributed by atoms with Crippen LogP contribution in [0.4, 0.5) is 5.69 Å². The maximum atomic E-state index is 12.8. The number of hydrogen-bond donors (Lipinski definition) is 1. The van der Waals surface area contributed by atoms with Crippen molar-refractivity contribution in [1.82, 2.24) is 4.31 Å². The summed E-state index contributed by atoms with van der Waals surface area (Å²) in [4.78, 5) is 12.4. The third kappa shape index (κ3) is 5.08. The molecule has 6 nitrogen and oxygen atoms in total. The first kappa shape index (κ1) is 20.9. The van der Waals surface area contributed by atoms with Crippen LogP contribution in [0.25, 0.3) is 0 Å². The number of benzene rings is 2. The van der Waals surface area contributed by atoms with Crippen molar-refractivity contribution in [2.45, 2.75) is 32.6 Å². The van der Waals surface area contributed by atoms with Crippen molar-refractivity contribution in [3.8, 4) is 5.75 Å². The molecule has 0 aliphatic rings. The van der Waals surface area contributed by atoms with Crippen LogP contribution in [-0.2, 0) is 14.8 Å². The molecule has 0 bridgehead atoms. The molecule has 0 heterocycles. The van der Waals surface area contributed by atoms with E-state index in [1.54, 1.807) is 32.0 Å². The molecule has 0 radical (unpaired) electrons. The maximum Gasteiger partial charge on any atom is 0.262 e. The Hall–Kier alpha value is -2.38. The van der Waals surface area contributed by atoms with E-state index >= 15 is 0 Å². The summed E-state index contributed by atoms with van der Waals surface area (Å²) >= 11 is 0. The summed E-state index contributed by atoms with van der Waals surface area (Å²) < 4.78 is 32.4. The lowest BCUT2D eigenvalue weighted by Gasteiger charge is -2.20. The van der Waals surface area contributed by atoms with Gasteiger partial charge in [0.25, 0.3) is 5.91 Å². The fourth-order valence-electron chi connectivity index (χ4n) is 2.67. The summed E-state index contributed by atoms with van der Waals surface area (Å²) in [5.74, 6) is 0.247. The van der Waals surface area contributed by atoms with Crippen molar-refractivity contribution in [1.29, 1.82) is 0 Å². The first-order valence-electron chi connectivity index (χ1n) is 8.88. The molecule has 0 spiro atoms. The second-order valence-corrected chi connectivity index (χ2v) is 8.09. The number of para-hydroxylation sites is 1. The quantitative estimate of drug-likeness (QED) is 0.750. The summed E-state index contributed by atoms with van der Waals surface area (Å²) in [5.41, 5.74) is 2.09. The Morgan fingerprint density at radius 2 is 1.70 bits per heavy atom. The molecule has 0 aliphatic heterocycles. The van der Waals surface area contributed by atoms with E-state index in [0.717, 1.165) is 11.1 Å². The minimum absolute atomic E-state index is 0.157. The monoisotopic (exact) mass is 390 g/mol. The zero-order chi connectivity index (χ0) is 20.0. The zero-order valence-corrected chi connectivity index (χ0v) is 17.0. The summed E-state index contributed by atoms with van der Waals surface area (Å²) in [6.45, 7) is 7.88. The first-order chi connectivity index (χ1) is 12.8. The van der Waals surface area contributed by atoms with E-state index in [2.05, 4.69) is 5.32 Å². The highest BCUT2D eigenvalue weighted by molar-refractivity contribution is 7.89. The maximum absolute atomic E-state index is 12.8. The van der Waals surface area contributed by atoms with Gasteiger partial charge in [-0.15, -0.1) is 0 Å². The fourth-order valence-corrected chi connectivity index (χ4v) is 4.24. The standard InChI is InChI=1S/C20H26N2O4S/c1-5-22(6-2)27(24,25)18-12-15(3)16(4)19(13-18)21-20(23)14-26-17-10-8-7-9-11-17/h7-13H,5-6,14H2,1-4H3,(H,21,23). The smallest absolute Gasteiger partial charge is 0.262 e. The topological polar surface area (TPSA) is 75.7 Å². The molecule has 0 aromatic heterocycles. The Bertz CT molecular complexity index is 892. The lowest BCUT2D eigenvalue weighted by molar-refractivity contribution is -0.118. The van der Waals surface area contributed by atoms with Gasteiger partial charge in [0.05, 0.1) is 4.90 Å². The van der Waals surface area contributed by atoms with E-state index in [0.29, 0.717) is 24.5 Å². The Morgan fingerprint density at radius 1 is 1.07 bits per heavy atom. The van der Waals surface area contributed by atoms with Crippen molar-refractivity contribution in [2.24, 2.45) is 0 Å². The SMILES string of the molecule is CCN(CC)S(=O)(=O)c1cc(C)c(C)c(NC(=O)COc2ccccc2)c1. The van der Waals surface area contributed by atoms with E-state index in [4.69, 9.17) is 4.74 Å². The number of anilines is 1. The van der Waals surface area contributed by atoms with Crippen LogP contribution in [0.5, 0.6) is 5.75 Å². The van der Waals surface area contributed by atoms with Gasteiger partial charge in [0.15, 0.2) is 6.61 Å². The number of carbonyl (C=O) groups excluding carboxylic acids is 1. The van der Waals surface area contributed by atoms with Gasteiger partial charge in [0.2, 0.25) is 10.0 Å². The number of carbonyl (C=O) groups is 1. The Kier molecular flexibility index (Phi) is 6.98. The van der Waals surface area contributed by atoms with Crippen molar-refractivity contribution in [3.05, 3.63) is 53.6 Å². The predicted octanol–water partition coefficient (Wildman–Crippen LogP) is 3.35. The minimum Gasteiger partial charge on any atom is -0.484 e. The highest BCUT2D eigenvalue weighted by atomic mass is 32.2. The van der Waals surface area contributed by atoms with Crippen LogP contribution in [0.2, 0.25) is 0 Å². The van der Waals surface area contributed by atoms with Crippen LogP contribution in [0.3, 0.4) is 0 Å². The summed E-state index contributed by atoms with van der Waals surface area (Å²) in [6.07, 6.45) is 0. The number of sulfonamides is 1. The third-order valence-corrected chi connectivity index (χ3v) is 6.40. The molecule has 2 rings (SSSR count). The molecular formula is C20H26N2O4S. The first-order valence-corrected chi connectivity index (χ1v) is 10.3. The van der Waals surface area contributed by atoms with Gasteiger partial charge in [0, 0.05) is 18.8 Å². The van der Waals surface area contributed by atoms with Gasteiger partial charge in [-0.3, -0.25) is 4.79 Å². The summed E-state index contributed by atoms with van der Waals surface area (Å²) in [6, 6.07) is 12.2. The average Bonchev–Trinajstić information content (AvgIpc) is 2.65. The van der Waals surface area contributed by atoms with Crippen molar-refractivity contribution in [3.63, 3.8) is 0 Å². The predicted molar refractivity (Wildman–Crippen MR) is 107 cm³/mol. The molecule has 0 atom stereocenters. The van der Waals surface area contributed by atoms with Crippen LogP contribution in [0.1, 0.15) is 25.0 Å². The van der Waals surface area contributed by atoms with Crippen molar-refractivity contribution >= 4 is 21.6 Å². The second-order valence-electron chi connectivity index (χ2n) is 6.15. The molecule has 0 aliphatic carbocycles. The zero-order valence-electron chi connectivity index (χ0n) is 16.2. The number of rotatable bonds is 8. The minimum atomic E-state index is -3.60. The van der Waals surface area contributed by atoms with E-state index in [1.807, 2.05) is 32.0 Å². The summed E-state index contributed by atoms with van der Waals surface area (Å²) in [5, 5.41) is 2.76. The van der Waals surface area contributed by atoms with Gasteiger partial charge in [-0.25, -0.2) is 8.42 Å². The van der Waals surface area contributed by atoms with E-state index in [1.165, 1.54) is 10.4 Å². The van der Waals surface area contributed by atoms with Gasteiger partial charge in [-0.2, -0.15) is 4.31 Å².